The minimum absolute atomic E-state index is 0.00586. The molecule has 1 aliphatic carbocycles. The van der Waals surface area contributed by atoms with Crippen molar-refractivity contribution in [3.05, 3.63) is 89.2 Å². The van der Waals surface area contributed by atoms with Gasteiger partial charge in [-0.2, -0.15) is 4.65 Å². The molecule has 0 fully saturated rings. The molecule has 1 atom stereocenters. The summed E-state index contributed by atoms with van der Waals surface area (Å²) in [6, 6.07) is 19.7. The Labute approximate surface area is 182 Å². The predicted octanol–water partition coefficient (Wildman–Crippen LogP) is 5.32. The molecule has 0 bridgehead atoms. The second kappa shape index (κ2) is 8.61. The highest BCUT2D eigenvalue weighted by Crippen LogP contribution is 2.29. The second-order valence-electron chi connectivity index (χ2n) is 8.93. The predicted molar refractivity (Wildman–Crippen MR) is 121 cm³/mol. The number of aryl methyl sites for hydroxylation is 1. The highest BCUT2D eigenvalue weighted by molar-refractivity contribution is 6.04. The van der Waals surface area contributed by atoms with Crippen LogP contribution in [0.25, 0.3) is 11.1 Å². The van der Waals surface area contributed by atoms with E-state index in [-0.39, 0.29) is 16.4 Å². The van der Waals surface area contributed by atoms with Crippen LogP contribution in [0.2, 0.25) is 0 Å². The van der Waals surface area contributed by atoms with E-state index in [0.717, 1.165) is 42.6 Å². The smallest absolute Gasteiger partial charge is 0.255 e. The van der Waals surface area contributed by atoms with E-state index < -0.39 is 0 Å². The quantitative estimate of drug-likeness (QED) is 0.435. The Bertz CT molecular complexity index is 1070. The minimum Gasteiger partial charge on any atom is -0.322 e. The molecule has 0 saturated heterocycles. The van der Waals surface area contributed by atoms with E-state index in [2.05, 4.69) is 17.4 Å². The summed E-state index contributed by atoms with van der Waals surface area (Å²) in [7, 11) is 3.61. The summed E-state index contributed by atoms with van der Waals surface area (Å²) in [6.07, 6.45) is 2.95. The lowest BCUT2D eigenvalue weighted by Gasteiger charge is -2.29. The summed E-state index contributed by atoms with van der Waals surface area (Å²) < 4.78 is 13.1. The van der Waals surface area contributed by atoms with Gasteiger partial charge in [-0.1, -0.05) is 30.3 Å². The first kappa shape index (κ1) is 21.2. The fourth-order valence-electron chi connectivity index (χ4n) is 4.36. The number of carbonyl (C=O) groups excluding carboxylic acids is 1. The van der Waals surface area contributed by atoms with Crippen molar-refractivity contribution >= 4 is 11.6 Å². The number of carbonyl (C=O) groups is 1. The van der Waals surface area contributed by atoms with E-state index in [0.29, 0.717) is 11.5 Å². The van der Waals surface area contributed by atoms with Crippen LogP contribution in [0, 0.1) is 11.7 Å². The molecule has 3 aromatic carbocycles. The van der Waals surface area contributed by atoms with Crippen LogP contribution in [-0.4, -0.2) is 36.4 Å². The Kier molecular flexibility index (Phi) is 5.90. The molecular weight excluding hydrogens is 391 g/mol. The van der Waals surface area contributed by atoms with Crippen molar-refractivity contribution in [2.24, 2.45) is 5.92 Å². The van der Waals surface area contributed by atoms with E-state index >= 15 is 0 Å². The van der Waals surface area contributed by atoms with Gasteiger partial charge in [-0.25, -0.2) is 9.60 Å². The van der Waals surface area contributed by atoms with Crippen LogP contribution in [0.4, 0.5) is 10.1 Å². The maximum absolute atomic E-state index is 13.1. The standard InChI is InChI=1S/C26H27FN2O2/c1-29(2,31)17-18-3-4-23-16-25(14-11-22(23)15-18)28-26(30)21-7-5-19(6-8-21)20-9-12-24(27)13-10-20/h5-14,16,18,31H,3-4,15,17H2,1-2H3/p+1. The van der Waals surface area contributed by atoms with Crippen molar-refractivity contribution in [1.29, 1.82) is 0 Å². The third-order valence-corrected chi connectivity index (χ3v) is 5.82. The van der Waals surface area contributed by atoms with Gasteiger partial charge in [-0.3, -0.25) is 4.79 Å². The van der Waals surface area contributed by atoms with Crippen molar-refractivity contribution in [1.82, 2.24) is 0 Å². The number of nitrogens with one attached hydrogen (secondary N) is 1. The van der Waals surface area contributed by atoms with Gasteiger partial charge in [-0.05, 0) is 77.9 Å². The lowest BCUT2D eigenvalue weighted by molar-refractivity contribution is -1.07. The topological polar surface area (TPSA) is 49.3 Å². The first-order valence-corrected chi connectivity index (χ1v) is 10.6. The van der Waals surface area contributed by atoms with Crippen LogP contribution in [0.15, 0.2) is 66.7 Å². The van der Waals surface area contributed by atoms with Crippen LogP contribution in [0.1, 0.15) is 27.9 Å². The number of hydroxylamine groups is 3. The molecular formula is C26H28FN2O2+. The molecule has 0 heterocycles. The molecule has 1 amide bonds. The van der Waals surface area contributed by atoms with Crippen LogP contribution < -0.4 is 5.32 Å². The monoisotopic (exact) mass is 419 g/mol. The second-order valence-corrected chi connectivity index (χ2v) is 8.93. The Balaban J connectivity index is 1.42. The summed E-state index contributed by atoms with van der Waals surface area (Å²) in [5, 5.41) is 13.0. The molecule has 160 valence electrons. The van der Waals surface area contributed by atoms with Gasteiger partial charge in [-0.15, -0.1) is 0 Å². The normalized spacial score (nSPS) is 15.9. The summed E-state index contributed by atoms with van der Waals surface area (Å²) in [5.74, 6) is 0.0444. The summed E-state index contributed by atoms with van der Waals surface area (Å²) in [4.78, 5) is 12.7. The average Bonchev–Trinajstić information content (AvgIpc) is 2.73. The van der Waals surface area contributed by atoms with Gasteiger partial charge in [0.1, 0.15) is 12.4 Å². The minimum atomic E-state index is -0.267. The molecule has 1 aliphatic rings. The number of nitrogens with zero attached hydrogens (tertiary/aromatic N) is 1. The van der Waals surface area contributed by atoms with E-state index in [4.69, 9.17) is 0 Å². The molecule has 4 nitrogen and oxygen atoms in total. The SMILES string of the molecule is C[N+](C)(O)CC1CCc2cc(NC(=O)c3ccc(-c4ccc(F)cc4)cc3)ccc2C1. The molecule has 1 unspecified atom stereocenters. The molecule has 0 radical (unpaired) electrons. The molecule has 0 saturated carbocycles. The fraction of sp³-hybridized carbons (Fsp3) is 0.269. The van der Waals surface area contributed by atoms with Crippen LogP contribution >= 0.6 is 0 Å². The van der Waals surface area contributed by atoms with Crippen molar-refractivity contribution in [2.75, 3.05) is 26.0 Å². The van der Waals surface area contributed by atoms with E-state index in [1.165, 1.54) is 23.3 Å². The number of quaternary nitrogens is 1. The van der Waals surface area contributed by atoms with Gasteiger partial charge in [0.2, 0.25) is 0 Å². The molecule has 5 heteroatoms. The number of anilines is 1. The summed E-state index contributed by atoms with van der Waals surface area (Å²) in [6.45, 7) is 0.742. The largest absolute Gasteiger partial charge is 0.322 e. The average molecular weight is 420 g/mol. The first-order valence-electron chi connectivity index (χ1n) is 10.6. The number of benzene rings is 3. The fourth-order valence-corrected chi connectivity index (χ4v) is 4.36. The zero-order chi connectivity index (χ0) is 22.0. The van der Waals surface area contributed by atoms with Crippen LogP contribution in [0.3, 0.4) is 0 Å². The number of hydrogen-bond acceptors (Lipinski definition) is 2. The van der Waals surface area contributed by atoms with Crippen molar-refractivity contribution < 1.29 is 19.0 Å². The Morgan fingerprint density at radius 2 is 1.65 bits per heavy atom. The number of rotatable bonds is 5. The van der Waals surface area contributed by atoms with Crippen molar-refractivity contribution in [3.8, 4) is 11.1 Å². The van der Waals surface area contributed by atoms with E-state index in [9.17, 15) is 14.4 Å². The highest BCUT2D eigenvalue weighted by Gasteiger charge is 2.25. The van der Waals surface area contributed by atoms with Gasteiger partial charge in [0.25, 0.3) is 5.91 Å². The maximum atomic E-state index is 13.1. The molecule has 0 aliphatic heterocycles. The van der Waals surface area contributed by atoms with Gasteiger partial charge in [0.15, 0.2) is 0 Å². The number of halogens is 1. The van der Waals surface area contributed by atoms with Gasteiger partial charge in [0, 0.05) is 17.2 Å². The third kappa shape index (κ3) is 5.37. The Morgan fingerprint density at radius 1 is 1.00 bits per heavy atom. The Hall–Kier alpha value is -3.02. The lowest BCUT2D eigenvalue weighted by Crippen LogP contribution is -2.41. The third-order valence-electron chi connectivity index (χ3n) is 5.82. The molecule has 0 aromatic heterocycles. The molecule has 4 rings (SSSR count). The molecule has 3 aromatic rings. The first-order chi connectivity index (χ1) is 14.8. The molecule has 2 N–H and O–H groups in total. The number of amides is 1. The van der Waals surface area contributed by atoms with E-state index in [1.54, 1.807) is 38.4 Å². The van der Waals surface area contributed by atoms with Crippen LogP contribution in [-0.2, 0) is 12.8 Å². The van der Waals surface area contributed by atoms with Crippen LogP contribution in [0.5, 0.6) is 0 Å². The van der Waals surface area contributed by atoms with Gasteiger partial charge < -0.3 is 5.32 Å². The van der Waals surface area contributed by atoms with E-state index in [1.807, 2.05) is 18.2 Å². The summed E-state index contributed by atoms with van der Waals surface area (Å²) >= 11 is 0. The highest BCUT2D eigenvalue weighted by atomic mass is 19.1. The number of hydrogen-bond donors (Lipinski definition) is 2. The van der Waals surface area contributed by atoms with Crippen molar-refractivity contribution in [2.45, 2.75) is 19.3 Å². The zero-order valence-electron chi connectivity index (χ0n) is 17.9. The van der Waals surface area contributed by atoms with Gasteiger partial charge >= 0.3 is 0 Å². The maximum Gasteiger partial charge on any atom is 0.255 e. The number of fused-ring (bicyclic) bond motifs is 1. The Morgan fingerprint density at radius 3 is 2.29 bits per heavy atom. The lowest BCUT2D eigenvalue weighted by atomic mass is 9.83. The molecule has 31 heavy (non-hydrogen) atoms. The van der Waals surface area contributed by atoms with Crippen molar-refractivity contribution in [3.63, 3.8) is 0 Å². The van der Waals surface area contributed by atoms with Gasteiger partial charge in [0.05, 0.1) is 14.1 Å². The zero-order valence-corrected chi connectivity index (χ0v) is 17.9. The summed E-state index contributed by atoms with van der Waals surface area (Å²) in [5.41, 5.74) is 5.78. The molecule has 0 spiro atoms.